The first-order valence-electron chi connectivity index (χ1n) is 13.4. The molecule has 8 heteroatoms. The summed E-state index contributed by atoms with van der Waals surface area (Å²) in [7, 11) is 1.64. The molecule has 8 nitrogen and oxygen atoms in total. The molecule has 0 aliphatic carbocycles. The summed E-state index contributed by atoms with van der Waals surface area (Å²) in [6.45, 7) is 0.396. The lowest BCUT2D eigenvalue weighted by atomic mass is 9.93. The van der Waals surface area contributed by atoms with Gasteiger partial charge in [-0.2, -0.15) is 0 Å². The maximum absolute atomic E-state index is 13.8. The zero-order valence-corrected chi connectivity index (χ0v) is 22.3. The number of hydrogen-bond donors (Lipinski definition) is 2. The molecule has 0 radical (unpaired) electrons. The number of fused-ring (bicyclic) bond motifs is 3. The van der Waals surface area contributed by atoms with Gasteiger partial charge >= 0.3 is 0 Å². The Labute approximate surface area is 236 Å². The van der Waals surface area contributed by atoms with E-state index in [1.807, 2.05) is 91.0 Å². The Kier molecular flexibility index (Phi) is 6.08. The Bertz CT molecular complexity index is 1810. The van der Waals surface area contributed by atoms with Gasteiger partial charge in [0.05, 0.1) is 18.8 Å². The summed E-state index contributed by atoms with van der Waals surface area (Å²) in [5.74, 6) is 1.65. The number of benzene rings is 4. The lowest BCUT2D eigenvalue weighted by Crippen LogP contribution is -2.39. The van der Waals surface area contributed by atoms with E-state index in [2.05, 4.69) is 10.3 Å². The number of carbonyl (C=O) groups excluding carboxylic acids is 2. The zero-order chi connectivity index (χ0) is 27.9. The fourth-order valence-electron chi connectivity index (χ4n) is 5.76. The van der Waals surface area contributed by atoms with Gasteiger partial charge in [-0.3, -0.25) is 9.59 Å². The highest BCUT2D eigenvalue weighted by molar-refractivity contribution is 6.03. The van der Waals surface area contributed by atoms with Crippen LogP contribution in [0.25, 0.3) is 22.2 Å². The molecule has 0 spiro atoms. The highest BCUT2D eigenvalue weighted by Gasteiger charge is 2.41. The monoisotopic (exact) mass is 545 g/mol. The first kappa shape index (κ1) is 24.8. The fourth-order valence-corrected chi connectivity index (χ4v) is 5.76. The molecule has 2 aliphatic rings. The molecule has 0 saturated heterocycles. The molecule has 2 N–H and O–H groups in total. The van der Waals surface area contributed by atoms with Crippen molar-refractivity contribution in [3.63, 3.8) is 0 Å². The van der Waals surface area contributed by atoms with E-state index in [1.165, 1.54) is 0 Å². The van der Waals surface area contributed by atoms with Crippen molar-refractivity contribution in [2.75, 3.05) is 20.4 Å². The Morgan fingerprint density at radius 2 is 1.80 bits per heavy atom. The van der Waals surface area contributed by atoms with Gasteiger partial charge in [0, 0.05) is 34.1 Å². The fraction of sp³-hybridized carbons (Fsp3) is 0.152. The van der Waals surface area contributed by atoms with Crippen molar-refractivity contribution < 1.29 is 23.8 Å². The maximum atomic E-state index is 13.8. The number of amides is 2. The molecule has 204 valence electrons. The summed E-state index contributed by atoms with van der Waals surface area (Å²) < 4.78 is 16.3. The van der Waals surface area contributed by atoms with Crippen LogP contribution in [0.2, 0.25) is 0 Å². The van der Waals surface area contributed by atoms with Gasteiger partial charge in [0.1, 0.15) is 12.3 Å². The number of nitrogens with zero attached hydrogens (tertiary/aromatic N) is 1. The van der Waals surface area contributed by atoms with Gasteiger partial charge in [0.2, 0.25) is 12.7 Å². The largest absolute Gasteiger partial charge is 0.497 e. The van der Waals surface area contributed by atoms with Gasteiger partial charge in [0.15, 0.2) is 11.5 Å². The van der Waals surface area contributed by atoms with Gasteiger partial charge < -0.3 is 29.4 Å². The van der Waals surface area contributed by atoms with E-state index in [0.717, 1.165) is 44.6 Å². The maximum Gasteiger partial charge on any atom is 0.255 e. The van der Waals surface area contributed by atoms with Crippen LogP contribution in [0.1, 0.15) is 33.1 Å². The summed E-state index contributed by atoms with van der Waals surface area (Å²) >= 11 is 0. The van der Waals surface area contributed by atoms with Gasteiger partial charge in [-0.1, -0.05) is 54.6 Å². The third kappa shape index (κ3) is 4.34. The first-order chi connectivity index (χ1) is 20.1. The van der Waals surface area contributed by atoms with Crippen LogP contribution >= 0.6 is 0 Å². The number of nitrogens with one attached hydrogen (secondary N) is 2. The van der Waals surface area contributed by atoms with Crippen LogP contribution in [-0.4, -0.2) is 42.1 Å². The minimum absolute atomic E-state index is 0.0974. The van der Waals surface area contributed by atoms with Crippen LogP contribution in [0.3, 0.4) is 0 Å². The number of aromatic amines is 1. The number of para-hydroxylation sites is 1. The van der Waals surface area contributed by atoms with E-state index in [4.69, 9.17) is 14.2 Å². The predicted octanol–water partition coefficient (Wildman–Crippen LogP) is 5.43. The number of aromatic nitrogens is 1. The second-order valence-corrected chi connectivity index (χ2v) is 10.1. The Hall–Kier alpha value is -5.24. The summed E-state index contributed by atoms with van der Waals surface area (Å²) in [4.78, 5) is 32.4. The molecular weight excluding hydrogens is 518 g/mol. The number of methoxy groups -OCH3 is 1. The van der Waals surface area contributed by atoms with E-state index in [9.17, 15) is 9.59 Å². The molecule has 2 aliphatic heterocycles. The van der Waals surface area contributed by atoms with E-state index < -0.39 is 6.04 Å². The van der Waals surface area contributed by atoms with Crippen molar-refractivity contribution in [2.45, 2.75) is 12.6 Å². The van der Waals surface area contributed by atoms with Crippen LogP contribution < -0.4 is 19.5 Å². The average molecular weight is 546 g/mol. The van der Waals surface area contributed by atoms with E-state index in [-0.39, 0.29) is 25.2 Å². The highest BCUT2D eigenvalue weighted by atomic mass is 16.7. The van der Waals surface area contributed by atoms with Crippen molar-refractivity contribution in [1.29, 1.82) is 0 Å². The van der Waals surface area contributed by atoms with E-state index in [1.54, 1.807) is 12.0 Å². The van der Waals surface area contributed by atoms with E-state index in [0.29, 0.717) is 23.6 Å². The van der Waals surface area contributed by atoms with E-state index >= 15 is 0 Å². The summed E-state index contributed by atoms with van der Waals surface area (Å²) in [6.07, 6.45) is 0. The Morgan fingerprint density at radius 1 is 0.976 bits per heavy atom. The van der Waals surface area contributed by atoms with Gasteiger partial charge in [-0.15, -0.1) is 0 Å². The highest BCUT2D eigenvalue weighted by Crippen LogP contribution is 2.45. The third-order valence-corrected chi connectivity index (χ3v) is 7.68. The molecule has 0 unspecified atom stereocenters. The molecule has 0 fully saturated rings. The van der Waals surface area contributed by atoms with Crippen molar-refractivity contribution >= 4 is 22.7 Å². The zero-order valence-electron chi connectivity index (χ0n) is 22.3. The minimum Gasteiger partial charge on any atom is -0.497 e. The number of carbonyl (C=O) groups is 2. The third-order valence-electron chi connectivity index (χ3n) is 7.68. The lowest BCUT2D eigenvalue weighted by Gasteiger charge is -2.26. The summed E-state index contributed by atoms with van der Waals surface area (Å²) in [5.41, 5.74) is 6.05. The lowest BCUT2D eigenvalue weighted by molar-refractivity contribution is -0.122. The molecule has 0 saturated carbocycles. The van der Waals surface area contributed by atoms with Crippen LogP contribution in [0.4, 0.5) is 0 Å². The van der Waals surface area contributed by atoms with Gasteiger partial charge in [0.25, 0.3) is 5.91 Å². The molecule has 3 heterocycles. The summed E-state index contributed by atoms with van der Waals surface area (Å²) in [6, 6.07) is 28.6. The first-order valence-corrected chi connectivity index (χ1v) is 13.4. The molecule has 5 aromatic rings. The van der Waals surface area contributed by atoms with Crippen molar-refractivity contribution in [2.24, 2.45) is 0 Å². The van der Waals surface area contributed by atoms with Gasteiger partial charge in [-0.05, 0) is 47.5 Å². The Balaban J connectivity index is 1.26. The number of hydrogen-bond acceptors (Lipinski definition) is 5. The van der Waals surface area contributed by atoms with Crippen molar-refractivity contribution in [1.82, 2.24) is 15.2 Å². The van der Waals surface area contributed by atoms with Crippen molar-refractivity contribution in [3.05, 3.63) is 113 Å². The van der Waals surface area contributed by atoms with Crippen molar-refractivity contribution in [3.8, 4) is 28.5 Å². The SMILES string of the molecule is COc1cccc(-c2[nH]c3ccccc3c2[C@H]2c3ccccc3C(=O)N2CC(=O)NCc2ccc3c(c2)OCO3)c1. The van der Waals surface area contributed by atoms with Gasteiger partial charge in [-0.25, -0.2) is 0 Å². The quantitative estimate of drug-likeness (QED) is 0.284. The molecule has 0 bridgehead atoms. The average Bonchev–Trinajstić information content (AvgIpc) is 3.70. The second-order valence-electron chi connectivity index (χ2n) is 10.1. The molecule has 1 aromatic heterocycles. The minimum atomic E-state index is -0.465. The smallest absolute Gasteiger partial charge is 0.255 e. The number of ether oxygens (including phenoxy) is 3. The molecule has 1 atom stereocenters. The topological polar surface area (TPSA) is 92.9 Å². The predicted molar refractivity (Wildman–Crippen MR) is 154 cm³/mol. The number of rotatable bonds is 7. The molecule has 7 rings (SSSR count). The van der Waals surface area contributed by atoms with Crippen LogP contribution in [0.15, 0.2) is 91.0 Å². The number of H-pyrrole nitrogens is 1. The van der Waals surface area contributed by atoms with Crippen LogP contribution in [0, 0.1) is 0 Å². The Morgan fingerprint density at radius 3 is 2.71 bits per heavy atom. The normalized spacial score (nSPS) is 15.3. The standard InChI is InChI=1S/C33H27N3O5/c1-39-22-8-6-7-21(16-22)31-30(25-11-4-5-12-26(25)35-31)32-23-9-2-3-10-24(23)33(38)36(32)18-29(37)34-17-20-13-14-27-28(15-20)41-19-40-27/h2-16,32,35H,17-19H2,1H3,(H,34,37)/t32-/m1/s1. The summed E-state index contributed by atoms with van der Waals surface area (Å²) in [5, 5.41) is 3.97. The molecule has 4 aromatic carbocycles. The second kappa shape index (κ2) is 10.1. The van der Waals surface area contributed by atoms with Crippen LogP contribution in [0.5, 0.6) is 17.2 Å². The molecule has 2 amide bonds. The van der Waals surface area contributed by atoms with Crippen LogP contribution in [-0.2, 0) is 11.3 Å². The molecular formula is C33H27N3O5. The molecule has 41 heavy (non-hydrogen) atoms.